The van der Waals surface area contributed by atoms with Crippen molar-refractivity contribution in [2.75, 3.05) is 7.11 Å². The Labute approximate surface area is 102 Å². The first kappa shape index (κ1) is 11.2. The van der Waals surface area contributed by atoms with Crippen molar-refractivity contribution in [3.8, 4) is 5.75 Å². The van der Waals surface area contributed by atoms with Crippen LogP contribution in [0.3, 0.4) is 0 Å². The Morgan fingerprint density at radius 3 is 2.62 bits per heavy atom. The van der Waals surface area contributed by atoms with Crippen LogP contribution in [-0.4, -0.2) is 7.11 Å². The summed E-state index contributed by atoms with van der Waals surface area (Å²) in [6, 6.07) is 9.28. The average Bonchev–Trinajstić information content (AvgIpc) is 2.74. The van der Waals surface area contributed by atoms with Crippen LogP contribution in [0, 0.1) is 0 Å². The van der Waals surface area contributed by atoms with E-state index in [9.17, 15) is 0 Å². The quantitative estimate of drug-likeness (QED) is 0.941. The molecule has 0 spiro atoms. The van der Waals surface area contributed by atoms with Gasteiger partial charge in [-0.1, -0.05) is 18.2 Å². The van der Waals surface area contributed by atoms with Gasteiger partial charge in [-0.15, -0.1) is 0 Å². The van der Waals surface area contributed by atoms with Crippen LogP contribution in [0.25, 0.3) is 0 Å². The molecule has 4 heteroatoms. The fourth-order valence-electron chi connectivity index (χ4n) is 1.62. The molecule has 2 rings (SSSR count). The monoisotopic (exact) mass is 281 g/mol. The van der Waals surface area contributed by atoms with Crippen molar-refractivity contribution in [2.24, 2.45) is 5.73 Å². The molecule has 1 aromatic carbocycles. The molecule has 0 radical (unpaired) electrons. The zero-order valence-electron chi connectivity index (χ0n) is 8.81. The second-order valence-electron chi connectivity index (χ2n) is 3.37. The Morgan fingerprint density at radius 1 is 1.25 bits per heavy atom. The van der Waals surface area contributed by atoms with E-state index in [-0.39, 0.29) is 6.04 Å². The lowest BCUT2D eigenvalue weighted by Crippen LogP contribution is -2.12. The van der Waals surface area contributed by atoms with E-state index in [1.807, 2.05) is 30.3 Å². The van der Waals surface area contributed by atoms with Crippen LogP contribution >= 0.6 is 15.9 Å². The first-order valence-electron chi connectivity index (χ1n) is 4.85. The van der Waals surface area contributed by atoms with Crippen LogP contribution in [0.1, 0.15) is 17.2 Å². The number of rotatable bonds is 3. The highest BCUT2D eigenvalue weighted by Gasteiger charge is 2.17. The number of benzene rings is 1. The molecule has 0 saturated carbocycles. The molecule has 1 unspecified atom stereocenters. The number of hydrogen-bond acceptors (Lipinski definition) is 3. The normalized spacial score (nSPS) is 12.4. The lowest BCUT2D eigenvalue weighted by atomic mass is 10.0. The van der Waals surface area contributed by atoms with Gasteiger partial charge in [0.15, 0.2) is 4.67 Å². The van der Waals surface area contributed by atoms with Gasteiger partial charge in [0.1, 0.15) is 5.75 Å². The minimum Gasteiger partial charge on any atom is -0.496 e. The number of halogens is 1. The summed E-state index contributed by atoms with van der Waals surface area (Å²) in [4.78, 5) is 0. The van der Waals surface area contributed by atoms with Gasteiger partial charge in [0.2, 0.25) is 0 Å². The maximum absolute atomic E-state index is 6.17. The lowest BCUT2D eigenvalue weighted by Gasteiger charge is -2.14. The molecule has 0 saturated heterocycles. The van der Waals surface area contributed by atoms with E-state index in [0.717, 1.165) is 16.9 Å². The fraction of sp³-hybridized carbons (Fsp3) is 0.167. The third kappa shape index (κ3) is 1.99. The molecular weight excluding hydrogens is 270 g/mol. The van der Waals surface area contributed by atoms with E-state index < -0.39 is 0 Å². The number of ether oxygens (including phenoxy) is 1. The van der Waals surface area contributed by atoms with Gasteiger partial charge < -0.3 is 14.9 Å². The van der Waals surface area contributed by atoms with Crippen LogP contribution in [0.15, 0.2) is 45.7 Å². The van der Waals surface area contributed by atoms with Gasteiger partial charge >= 0.3 is 0 Å². The molecule has 1 atom stereocenters. The van der Waals surface area contributed by atoms with Crippen LogP contribution in [-0.2, 0) is 0 Å². The largest absolute Gasteiger partial charge is 0.496 e. The molecule has 2 N–H and O–H groups in total. The molecule has 0 aliphatic heterocycles. The maximum Gasteiger partial charge on any atom is 0.174 e. The summed E-state index contributed by atoms with van der Waals surface area (Å²) < 4.78 is 11.1. The summed E-state index contributed by atoms with van der Waals surface area (Å²) >= 11 is 3.32. The van der Waals surface area contributed by atoms with E-state index >= 15 is 0 Å². The van der Waals surface area contributed by atoms with Crippen LogP contribution in [0.2, 0.25) is 0 Å². The van der Waals surface area contributed by atoms with E-state index in [0.29, 0.717) is 4.67 Å². The number of hydrogen-bond donors (Lipinski definition) is 1. The second kappa shape index (κ2) is 4.72. The Balaban J connectivity index is 2.41. The van der Waals surface area contributed by atoms with Crippen molar-refractivity contribution in [1.29, 1.82) is 0 Å². The minimum atomic E-state index is -0.260. The molecule has 1 aromatic heterocycles. The first-order valence-corrected chi connectivity index (χ1v) is 5.64. The predicted octanol–water partition coefficient (Wildman–Crippen LogP) is 3.10. The molecule has 16 heavy (non-hydrogen) atoms. The Bertz CT molecular complexity index is 481. The third-order valence-electron chi connectivity index (χ3n) is 2.46. The highest BCUT2D eigenvalue weighted by Crippen LogP contribution is 2.32. The van der Waals surface area contributed by atoms with Crippen molar-refractivity contribution >= 4 is 15.9 Å². The van der Waals surface area contributed by atoms with Gasteiger partial charge in [-0.05, 0) is 28.1 Å². The van der Waals surface area contributed by atoms with Crippen molar-refractivity contribution in [3.63, 3.8) is 0 Å². The molecule has 3 nitrogen and oxygen atoms in total. The highest BCUT2D eigenvalue weighted by molar-refractivity contribution is 9.10. The van der Waals surface area contributed by atoms with E-state index in [2.05, 4.69) is 15.9 Å². The predicted molar refractivity (Wildman–Crippen MR) is 65.4 cm³/mol. The average molecular weight is 282 g/mol. The van der Waals surface area contributed by atoms with E-state index in [1.165, 1.54) is 0 Å². The number of para-hydroxylation sites is 1. The molecule has 84 valence electrons. The van der Waals surface area contributed by atoms with Gasteiger partial charge in [-0.2, -0.15) is 0 Å². The number of methoxy groups -OCH3 is 1. The van der Waals surface area contributed by atoms with Crippen molar-refractivity contribution < 1.29 is 9.15 Å². The zero-order valence-corrected chi connectivity index (χ0v) is 10.4. The molecule has 0 amide bonds. The smallest absolute Gasteiger partial charge is 0.174 e. The highest BCUT2D eigenvalue weighted by atomic mass is 79.9. The summed E-state index contributed by atoms with van der Waals surface area (Å²) in [5, 5.41) is 0. The van der Waals surface area contributed by atoms with E-state index in [4.69, 9.17) is 14.9 Å². The molecule has 0 aliphatic carbocycles. The standard InChI is InChI=1S/C12H12BrNO2/c1-15-10-5-3-2-4-8(10)11(14)9-6-7-16-12(9)13/h2-7,11H,14H2,1H3. The zero-order chi connectivity index (χ0) is 11.5. The van der Waals surface area contributed by atoms with Gasteiger partial charge in [0.25, 0.3) is 0 Å². The molecular formula is C12H12BrNO2. The molecule has 0 fully saturated rings. The van der Waals surface area contributed by atoms with Crippen molar-refractivity contribution in [1.82, 2.24) is 0 Å². The summed E-state index contributed by atoms with van der Waals surface area (Å²) in [6.45, 7) is 0. The Hall–Kier alpha value is -1.26. The first-order chi connectivity index (χ1) is 7.74. The lowest BCUT2D eigenvalue weighted by molar-refractivity contribution is 0.407. The minimum absolute atomic E-state index is 0.260. The van der Waals surface area contributed by atoms with Crippen molar-refractivity contribution in [3.05, 3.63) is 52.4 Å². The molecule has 0 aliphatic rings. The number of nitrogens with two attached hydrogens (primary N) is 1. The summed E-state index contributed by atoms with van der Waals surface area (Å²) in [5.74, 6) is 0.781. The van der Waals surface area contributed by atoms with Gasteiger partial charge in [-0.3, -0.25) is 0 Å². The fourth-order valence-corrected chi connectivity index (χ4v) is 2.10. The maximum atomic E-state index is 6.17. The SMILES string of the molecule is COc1ccccc1C(N)c1ccoc1Br. The van der Waals surface area contributed by atoms with Crippen molar-refractivity contribution in [2.45, 2.75) is 6.04 Å². The second-order valence-corrected chi connectivity index (χ2v) is 4.09. The summed E-state index contributed by atoms with van der Waals surface area (Å²) in [6.07, 6.45) is 1.61. The Kier molecular flexibility index (Phi) is 3.31. The molecule has 1 heterocycles. The molecule has 0 bridgehead atoms. The van der Waals surface area contributed by atoms with E-state index in [1.54, 1.807) is 13.4 Å². The van der Waals surface area contributed by atoms with Crippen LogP contribution < -0.4 is 10.5 Å². The van der Waals surface area contributed by atoms with Gasteiger partial charge in [0.05, 0.1) is 19.4 Å². The summed E-state index contributed by atoms with van der Waals surface area (Å²) in [7, 11) is 1.63. The van der Waals surface area contributed by atoms with Gasteiger partial charge in [-0.25, -0.2) is 0 Å². The Morgan fingerprint density at radius 2 is 2.00 bits per heavy atom. The van der Waals surface area contributed by atoms with Gasteiger partial charge in [0, 0.05) is 11.1 Å². The third-order valence-corrected chi connectivity index (χ3v) is 3.10. The number of furan rings is 1. The van der Waals surface area contributed by atoms with Crippen LogP contribution in [0.5, 0.6) is 5.75 Å². The molecule has 2 aromatic rings. The topological polar surface area (TPSA) is 48.4 Å². The summed E-state index contributed by atoms with van der Waals surface area (Å²) in [5.41, 5.74) is 8.01. The van der Waals surface area contributed by atoms with Crippen LogP contribution in [0.4, 0.5) is 0 Å².